The Morgan fingerprint density at radius 2 is 1.84 bits per heavy atom. The summed E-state index contributed by atoms with van der Waals surface area (Å²) in [4.78, 5) is 9.61. The molecule has 0 amide bonds. The minimum atomic E-state index is 0.0981. The number of para-hydroxylation sites is 1. The number of hydrogen-bond donors (Lipinski definition) is 1. The Hall–Kier alpha value is -2.73. The molecule has 32 heavy (non-hydrogen) atoms. The molecule has 0 bridgehead atoms. The zero-order valence-electron chi connectivity index (χ0n) is 18.9. The molecular formula is C26H31N5S. The summed E-state index contributed by atoms with van der Waals surface area (Å²) in [5.74, 6) is 2.15. The van der Waals surface area contributed by atoms with Crippen molar-refractivity contribution in [1.82, 2.24) is 9.78 Å². The van der Waals surface area contributed by atoms with Gasteiger partial charge in [0.25, 0.3) is 0 Å². The van der Waals surface area contributed by atoms with E-state index >= 15 is 0 Å². The third-order valence-electron chi connectivity index (χ3n) is 6.79. The fourth-order valence-electron chi connectivity index (χ4n) is 5.02. The number of amidine groups is 1. The zero-order valence-corrected chi connectivity index (χ0v) is 19.7. The highest BCUT2D eigenvalue weighted by Crippen LogP contribution is 2.48. The van der Waals surface area contributed by atoms with Gasteiger partial charge in [0.05, 0.1) is 11.4 Å². The maximum atomic E-state index is 6.68. The smallest absolute Gasteiger partial charge is 0.175 e. The van der Waals surface area contributed by atoms with Gasteiger partial charge in [-0.25, -0.2) is 4.99 Å². The number of nitrogens with zero attached hydrogens (tertiary/aromatic N) is 4. The van der Waals surface area contributed by atoms with Crippen molar-refractivity contribution in [2.75, 3.05) is 11.9 Å². The molecule has 0 radical (unpaired) electrons. The van der Waals surface area contributed by atoms with E-state index in [0.717, 1.165) is 6.42 Å². The number of rotatable bonds is 5. The molecule has 2 aliphatic rings. The first-order valence-corrected chi connectivity index (χ1v) is 12.4. The van der Waals surface area contributed by atoms with Crippen LogP contribution in [0.5, 0.6) is 0 Å². The van der Waals surface area contributed by atoms with Gasteiger partial charge in [-0.1, -0.05) is 62.1 Å². The SMILES string of the molecule is CN1c2ccccc2Sc2ccc(C(CC3CCCCC3)C(N)=Nc3ccn(C)n3)cc21. The van der Waals surface area contributed by atoms with Gasteiger partial charge < -0.3 is 10.6 Å². The second-order valence-electron chi connectivity index (χ2n) is 9.03. The average molecular weight is 446 g/mol. The van der Waals surface area contributed by atoms with Crippen LogP contribution in [-0.2, 0) is 7.05 Å². The van der Waals surface area contributed by atoms with Gasteiger partial charge >= 0.3 is 0 Å². The Labute approximate surface area is 194 Å². The molecule has 1 fully saturated rings. The van der Waals surface area contributed by atoms with E-state index in [0.29, 0.717) is 17.6 Å². The van der Waals surface area contributed by atoms with Crippen LogP contribution in [0, 0.1) is 5.92 Å². The van der Waals surface area contributed by atoms with Crippen LogP contribution in [0.3, 0.4) is 0 Å². The number of fused-ring (bicyclic) bond motifs is 2. The highest BCUT2D eigenvalue weighted by molar-refractivity contribution is 7.99. The number of aliphatic imine (C=N–C) groups is 1. The van der Waals surface area contributed by atoms with Gasteiger partial charge in [0.15, 0.2) is 5.82 Å². The molecule has 2 aromatic carbocycles. The van der Waals surface area contributed by atoms with E-state index in [4.69, 9.17) is 10.7 Å². The fourth-order valence-corrected chi connectivity index (χ4v) is 6.15. The first-order valence-electron chi connectivity index (χ1n) is 11.6. The van der Waals surface area contributed by atoms with Gasteiger partial charge in [-0.15, -0.1) is 0 Å². The minimum Gasteiger partial charge on any atom is -0.387 e. The molecule has 0 saturated heterocycles. The number of anilines is 2. The van der Waals surface area contributed by atoms with Crippen molar-refractivity contribution in [3.8, 4) is 0 Å². The van der Waals surface area contributed by atoms with Crippen molar-refractivity contribution in [1.29, 1.82) is 0 Å². The Morgan fingerprint density at radius 3 is 2.62 bits per heavy atom. The summed E-state index contributed by atoms with van der Waals surface area (Å²) in [6, 6.07) is 17.3. The molecule has 1 atom stereocenters. The summed E-state index contributed by atoms with van der Waals surface area (Å²) in [5.41, 5.74) is 10.4. The second kappa shape index (κ2) is 9.02. The van der Waals surface area contributed by atoms with Gasteiger partial charge in [-0.3, -0.25) is 4.68 Å². The van der Waals surface area contributed by atoms with E-state index in [9.17, 15) is 0 Å². The third-order valence-corrected chi connectivity index (χ3v) is 7.92. The van der Waals surface area contributed by atoms with Crippen LogP contribution >= 0.6 is 11.8 Å². The van der Waals surface area contributed by atoms with Crippen LogP contribution < -0.4 is 10.6 Å². The van der Waals surface area contributed by atoms with E-state index < -0.39 is 0 Å². The first kappa shape index (κ1) is 21.1. The van der Waals surface area contributed by atoms with Crippen LogP contribution in [0.2, 0.25) is 0 Å². The Balaban J connectivity index is 1.50. The van der Waals surface area contributed by atoms with Gasteiger partial charge in [-0.2, -0.15) is 5.10 Å². The molecule has 2 heterocycles. The van der Waals surface area contributed by atoms with Gasteiger partial charge in [-0.05, 0) is 42.2 Å². The van der Waals surface area contributed by atoms with E-state index in [1.165, 1.54) is 58.8 Å². The number of aryl methyl sites for hydroxylation is 1. The lowest BCUT2D eigenvalue weighted by atomic mass is 9.80. The van der Waals surface area contributed by atoms with Crippen molar-refractivity contribution in [2.45, 2.75) is 54.2 Å². The fraction of sp³-hybridized carbons (Fsp3) is 0.385. The standard InChI is InChI=1S/C26H31N5S/c1-30-15-14-25(29-30)28-26(27)20(16-18-8-4-3-5-9-18)19-12-13-24-22(17-19)31(2)21-10-6-7-11-23(21)32-24/h6-7,10-15,17-18,20H,3-5,8-9,16H2,1-2H3,(H2,27,28,29). The molecule has 166 valence electrons. The number of hydrogen-bond acceptors (Lipinski definition) is 4. The summed E-state index contributed by atoms with van der Waals surface area (Å²) < 4.78 is 1.77. The first-order chi connectivity index (χ1) is 15.6. The Bertz CT molecular complexity index is 1130. The number of aromatic nitrogens is 2. The molecule has 3 aromatic rings. The second-order valence-corrected chi connectivity index (χ2v) is 10.1. The lowest BCUT2D eigenvalue weighted by molar-refractivity contribution is 0.333. The summed E-state index contributed by atoms with van der Waals surface area (Å²) in [5, 5.41) is 4.42. The highest BCUT2D eigenvalue weighted by atomic mass is 32.2. The topological polar surface area (TPSA) is 59.4 Å². The monoisotopic (exact) mass is 445 g/mol. The van der Waals surface area contributed by atoms with E-state index in [1.54, 1.807) is 4.68 Å². The number of benzene rings is 2. The van der Waals surface area contributed by atoms with Gasteiger partial charge in [0.2, 0.25) is 0 Å². The quantitative estimate of drug-likeness (QED) is 0.365. The predicted octanol–water partition coefficient (Wildman–Crippen LogP) is 6.40. The third kappa shape index (κ3) is 4.29. The highest BCUT2D eigenvalue weighted by Gasteiger charge is 2.26. The molecule has 1 aliphatic heterocycles. The molecule has 1 unspecified atom stereocenters. The molecule has 5 nitrogen and oxygen atoms in total. The van der Waals surface area contributed by atoms with Crippen molar-refractivity contribution in [3.05, 3.63) is 60.3 Å². The molecule has 1 aromatic heterocycles. The van der Waals surface area contributed by atoms with Crippen molar-refractivity contribution in [2.24, 2.45) is 23.7 Å². The summed E-state index contributed by atoms with van der Waals surface area (Å²) in [6.45, 7) is 0. The van der Waals surface area contributed by atoms with Crippen molar-refractivity contribution in [3.63, 3.8) is 0 Å². The number of nitrogens with two attached hydrogens (primary N) is 1. The Kier molecular flexibility index (Phi) is 5.96. The largest absolute Gasteiger partial charge is 0.387 e. The zero-order chi connectivity index (χ0) is 22.1. The van der Waals surface area contributed by atoms with Crippen LogP contribution in [-0.4, -0.2) is 22.7 Å². The minimum absolute atomic E-state index is 0.0981. The maximum Gasteiger partial charge on any atom is 0.175 e. The molecule has 5 rings (SSSR count). The summed E-state index contributed by atoms with van der Waals surface area (Å²) in [6.07, 6.45) is 9.56. The van der Waals surface area contributed by atoms with Crippen molar-refractivity contribution < 1.29 is 0 Å². The van der Waals surface area contributed by atoms with Crippen LogP contribution in [0.4, 0.5) is 17.2 Å². The van der Waals surface area contributed by atoms with Crippen LogP contribution in [0.1, 0.15) is 50.0 Å². The van der Waals surface area contributed by atoms with Crippen molar-refractivity contribution >= 4 is 34.8 Å². The maximum absolute atomic E-state index is 6.68. The van der Waals surface area contributed by atoms with E-state index in [2.05, 4.69) is 59.5 Å². The summed E-state index contributed by atoms with van der Waals surface area (Å²) >= 11 is 1.84. The molecule has 2 N–H and O–H groups in total. The van der Waals surface area contributed by atoms with Gasteiger partial charge in [0, 0.05) is 42.1 Å². The Morgan fingerprint density at radius 1 is 1.06 bits per heavy atom. The lowest BCUT2D eigenvalue weighted by Gasteiger charge is -2.31. The molecule has 0 spiro atoms. The average Bonchev–Trinajstić information content (AvgIpc) is 3.22. The molecule has 1 aliphatic carbocycles. The molecular weight excluding hydrogens is 414 g/mol. The van der Waals surface area contributed by atoms with Gasteiger partial charge in [0.1, 0.15) is 5.84 Å². The normalized spacial score (nSPS) is 17.7. The predicted molar refractivity (Wildman–Crippen MR) is 133 cm³/mol. The van der Waals surface area contributed by atoms with Crippen LogP contribution in [0.25, 0.3) is 0 Å². The van der Waals surface area contributed by atoms with Crippen LogP contribution in [0.15, 0.2) is 69.5 Å². The van der Waals surface area contributed by atoms with E-state index in [1.807, 2.05) is 31.1 Å². The lowest BCUT2D eigenvalue weighted by Crippen LogP contribution is -2.25. The summed E-state index contributed by atoms with van der Waals surface area (Å²) in [7, 11) is 4.06. The molecule has 1 saturated carbocycles. The van der Waals surface area contributed by atoms with E-state index in [-0.39, 0.29) is 5.92 Å². The molecule has 6 heteroatoms.